The van der Waals surface area contributed by atoms with Gasteiger partial charge in [0.05, 0.1) is 0 Å². The molecule has 1 aromatic heterocycles. The number of nitrogens with zero attached hydrogens (tertiary/aromatic N) is 2. The number of aromatic amines is 1. The highest BCUT2D eigenvalue weighted by atomic mass is 16.5. The minimum Gasteiger partial charge on any atom is -0.453 e. The highest BCUT2D eigenvalue weighted by molar-refractivity contribution is 5.84. The smallest absolute Gasteiger partial charge is 0.306 e. The van der Waals surface area contributed by atoms with E-state index >= 15 is 0 Å². The monoisotopic (exact) mass is 375 g/mol. The van der Waals surface area contributed by atoms with E-state index in [9.17, 15) is 14.4 Å². The molecular formula is C20H29N3O4. The van der Waals surface area contributed by atoms with Crippen LogP contribution in [0.3, 0.4) is 0 Å². The van der Waals surface area contributed by atoms with Crippen molar-refractivity contribution in [3.63, 3.8) is 0 Å². The Balaban J connectivity index is 2.81. The van der Waals surface area contributed by atoms with E-state index in [-0.39, 0.29) is 30.0 Å². The summed E-state index contributed by atoms with van der Waals surface area (Å²) in [6, 6.07) is 1.91. The Hall–Kier alpha value is -2.62. The van der Waals surface area contributed by atoms with Gasteiger partial charge in [-0.15, -0.1) is 0 Å². The summed E-state index contributed by atoms with van der Waals surface area (Å²) in [5.74, 6) is -0.719. The molecule has 1 rings (SSSR count). The molecule has 27 heavy (non-hydrogen) atoms. The first-order valence-corrected chi connectivity index (χ1v) is 9.15. The minimum absolute atomic E-state index is 0.00879. The van der Waals surface area contributed by atoms with Gasteiger partial charge in [0.15, 0.2) is 6.10 Å². The summed E-state index contributed by atoms with van der Waals surface area (Å²) in [4.78, 5) is 40.8. The molecule has 1 amide bonds. The van der Waals surface area contributed by atoms with Gasteiger partial charge in [-0.3, -0.25) is 14.4 Å². The van der Waals surface area contributed by atoms with E-state index in [1.807, 2.05) is 33.8 Å². The van der Waals surface area contributed by atoms with Gasteiger partial charge in [-0.2, -0.15) is 5.26 Å². The number of hydrogen-bond acceptors (Lipinski definition) is 5. The fraction of sp³-hybridized carbons (Fsp3) is 0.600. The molecule has 0 unspecified atom stereocenters. The quantitative estimate of drug-likeness (QED) is 0.737. The second kappa shape index (κ2) is 9.36. The van der Waals surface area contributed by atoms with Gasteiger partial charge in [-0.25, -0.2) is 0 Å². The minimum atomic E-state index is -0.866. The van der Waals surface area contributed by atoms with Crippen LogP contribution in [-0.2, 0) is 20.7 Å². The summed E-state index contributed by atoms with van der Waals surface area (Å²) in [5, 5.41) is 9.11. The topological polar surface area (TPSA) is 103 Å². The normalized spacial score (nSPS) is 12.0. The van der Waals surface area contributed by atoms with Crippen LogP contribution >= 0.6 is 0 Å². The number of pyridine rings is 1. The van der Waals surface area contributed by atoms with Gasteiger partial charge in [0, 0.05) is 24.2 Å². The fourth-order valence-corrected chi connectivity index (χ4v) is 3.27. The van der Waals surface area contributed by atoms with E-state index in [4.69, 9.17) is 10.00 Å². The predicted octanol–water partition coefficient (Wildman–Crippen LogP) is 2.37. The van der Waals surface area contributed by atoms with Gasteiger partial charge >= 0.3 is 5.97 Å². The van der Waals surface area contributed by atoms with Gasteiger partial charge in [0.1, 0.15) is 11.6 Å². The van der Waals surface area contributed by atoms with Crippen LogP contribution in [0.25, 0.3) is 0 Å². The zero-order valence-corrected chi connectivity index (χ0v) is 17.2. The van der Waals surface area contributed by atoms with Crippen molar-refractivity contribution in [3.8, 4) is 6.07 Å². The molecule has 7 heteroatoms. The van der Waals surface area contributed by atoms with E-state index in [1.54, 1.807) is 25.7 Å². The highest BCUT2D eigenvalue weighted by Gasteiger charge is 2.27. The van der Waals surface area contributed by atoms with Crippen LogP contribution < -0.4 is 5.56 Å². The number of ether oxygens (including phenoxy) is 1. The van der Waals surface area contributed by atoms with Crippen molar-refractivity contribution in [3.05, 3.63) is 32.7 Å². The van der Waals surface area contributed by atoms with Crippen LogP contribution in [0.15, 0.2) is 4.79 Å². The zero-order chi connectivity index (χ0) is 20.9. The van der Waals surface area contributed by atoms with Gasteiger partial charge in [0.2, 0.25) is 0 Å². The summed E-state index contributed by atoms with van der Waals surface area (Å²) < 4.78 is 5.31. The Kier molecular flexibility index (Phi) is 7.77. The maximum absolute atomic E-state index is 12.5. The maximum Gasteiger partial charge on any atom is 0.306 e. The average molecular weight is 375 g/mol. The molecule has 0 saturated carbocycles. The summed E-state index contributed by atoms with van der Waals surface area (Å²) in [6.45, 7) is 12.7. The second-order valence-corrected chi connectivity index (χ2v) is 7.23. The molecule has 1 N–H and O–H groups in total. The number of aryl methyl sites for hydroxylation is 1. The molecule has 0 fully saturated rings. The lowest BCUT2D eigenvalue weighted by Gasteiger charge is -2.32. The van der Waals surface area contributed by atoms with Crippen molar-refractivity contribution in [2.24, 2.45) is 0 Å². The lowest BCUT2D eigenvalue weighted by atomic mass is 9.99. The van der Waals surface area contributed by atoms with Crippen molar-refractivity contribution in [1.29, 1.82) is 5.26 Å². The molecule has 1 heterocycles. The summed E-state index contributed by atoms with van der Waals surface area (Å²) in [6.07, 6.45) is -0.490. The number of nitrogens with one attached hydrogen (secondary N) is 1. The predicted molar refractivity (Wildman–Crippen MR) is 102 cm³/mol. The van der Waals surface area contributed by atoms with Gasteiger partial charge in [0.25, 0.3) is 11.5 Å². The average Bonchev–Trinajstić information content (AvgIpc) is 2.53. The number of esters is 1. The Morgan fingerprint density at radius 1 is 1.15 bits per heavy atom. The maximum atomic E-state index is 12.5. The van der Waals surface area contributed by atoms with E-state index in [1.165, 1.54) is 0 Å². The van der Waals surface area contributed by atoms with Crippen molar-refractivity contribution in [1.82, 2.24) is 9.88 Å². The SMILES string of the molecule is Cc1[nH]c(=O)c(C#N)c(C)c1CCC(=O)O[C@H](C)C(=O)N(C(C)C)C(C)C. The van der Waals surface area contributed by atoms with Crippen molar-refractivity contribution >= 4 is 11.9 Å². The molecule has 0 aromatic carbocycles. The molecule has 0 aliphatic rings. The van der Waals surface area contributed by atoms with Crippen molar-refractivity contribution in [2.75, 3.05) is 0 Å². The highest BCUT2D eigenvalue weighted by Crippen LogP contribution is 2.16. The molecule has 0 bridgehead atoms. The molecule has 0 aliphatic heterocycles. The molecule has 1 atom stereocenters. The molecule has 0 spiro atoms. The largest absolute Gasteiger partial charge is 0.453 e. The molecule has 7 nitrogen and oxygen atoms in total. The first-order chi connectivity index (χ1) is 12.5. The Morgan fingerprint density at radius 3 is 2.19 bits per heavy atom. The molecule has 1 aromatic rings. The third kappa shape index (κ3) is 5.43. The van der Waals surface area contributed by atoms with E-state index in [0.717, 1.165) is 5.56 Å². The second-order valence-electron chi connectivity index (χ2n) is 7.23. The summed E-state index contributed by atoms with van der Waals surface area (Å²) in [7, 11) is 0. The van der Waals surface area contributed by atoms with Crippen LogP contribution in [-0.4, -0.2) is 39.9 Å². The molecular weight excluding hydrogens is 346 g/mol. The van der Waals surface area contributed by atoms with Crippen LogP contribution in [0.4, 0.5) is 0 Å². The number of hydrogen-bond donors (Lipinski definition) is 1. The van der Waals surface area contributed by atoms with E-state index in [2.05, 4.69) is 4.98 Å². The van der Waals surface area contributed by atoms with Gasteiger partial charge in [-0.1, -0.05) is 0 Å². The number of rotatable bonds is 7. The molecule has 0 aliphatic carbocycles. The number of aromatic nitrogens is 1. The lowest BCUT2D eigenvalue weighted by Crippen LogP contribution is -2.47. The lowest BCUT2D eigenvalue weighted by molar-refractivity contribution is -0.161. The number of nitriles is 1. The fourth-order valence-electron chi connectivity index (χ4n) is 3.27. The number of H-pyrrole nitrogens is 1. The Morgan fingerprint density at radius 2 is 1.70 bits per heavy atom. The summed E-state index contributed by atoms with van der Waals surface area (Å²) in [5.41, 5.74) is 1.56. The van der Waals surface area contributed by atoms with Crippen LogP contribution in [0.5, 0.6) is 0 Å². The first-order valence-electron chi connectivity index (χ1n) is 9.15. The van der Waals surface area contributed by atoms with Crippen LogP contribution in [0.1, 0.15) is 63.4 Å². The van der Waals surface area contributed by atoms with E-state index < -0.39 is 17.6 Å². The van der Waals surface area contributed by atoms with Crippen LogP contribution in [0.2, 0.25) is 0 Å². The standard InChI is InChI=1S/C20H29N3O4/c1-11(2)23(12(3)4)20(26)15(7)27-18(24)9-8-16-13(5)17(10-21)19(25)22-14(16)6/h11-12,15H,8-9H2,1-7H3,(H,22,25)/t15-/m1/s1. The van der Waals surface area contributed by atoms with Gasteiger partial charge in [-0.05, 0) is 66.0 Å². The molecule has 0 radical (unpaired) electrons. The van der Waals surface area contributed by atoms with Crippen molar-refractivity contribution in [2.45, 2.75) is 79.5 Å². The number of amides is 1. The third-order valence-electron chi connectivity index (χ3n) is 4.52. The third-order valence-corrected chi connectivity index (χ3v) is 4.52. The van der Waals surface area contributed by atoms with E-state index in [0.29, 0.717) is 17.7 Å². The zero-order valence-electron chi connectivity index (χ0n) is 17.2. The van der Waals surface area contributed by atoms with Crippen LogP contribution in [0, 0.1) is 25.2 Å². The Labute approximate surface area is 160 Å². The first kappa shape index (κ1) is 22.4. The van der Waals surface area contributed by atoms with Crippen molar-refractivity contribution < 1.29 is 14.3 Å². The van der Waals surface area contributed by atoms with Gasteiger partial charge < -0.3 is 14.6 Å². The summed E-state index contributed by atoms with van der Waals surface area (Å²) >= 11 is 0. The number of carbonyl (C=O) groups excluding carboxylic acids is 2. The molecule has 0 saturated heterocycles. The Bertz CT molecular complexity index is 795. The number of carbonyl (C=O) groups is 2. The molecule has 148 valence electrons.